The third kappa shape index (κ3) is 2.09. The van der Waals surface area contributed by atoms with Crippen molar-refractivity contribution in [1.29, 1.82) is 0 Å². The summed E-state index contributed by atoms with van der Waals surface area (Å²) in [7, 11) is 0. The Bertz CT molecular complexity index is 801. The van der Waals surface area contributed by atoms with E-state index in [9.17, 15) is 0 Å². The molecule has 106 valence electrons. The van der Waals surface area contributed by atoms with Gasteiger partial charge in [0.05, 0.1) is 11.0 Å². The summed E-state index contributed by atoms with van der Waals surface area (Å²) >= 11 is 0. The highest BCUT2D eigenvalue weighted by Gasteiger charge is 2.13. The largest absolute Gasteiger partial charge is 0.384 e. The van der Waals surface area contributed by atoms with Crippen LogP contribution in [0.3, 0.4) is 0 Å². The van der Waals surface area contributed by atoms with Crippen LogP contribution in [-0.2, 0) is 19.4 Å². The Morgan fingerprint density at radius 2 is 2.10 bits per heavy atom. The van der Waals surface area contributed by atoms with E-state index in [1.165, 1.54) is 22.3 Å². The van der Waals surface area contributed by atoms with Crippen LogP contribution in [0.1, 0.15) is 23.9 Å². The second-order valence-corrected chi connectivity index (χ2v) is 5.61. The van der Waals surface area contributed by atoms with Gasteiger partial charge in [-0.3, -0.25) is 0 Å². The highest BCUT2D eigenvalue weighted by atomic mass is 15.1. The molecule has 3 aromatic rings. The molecule has 1 aliphatic rings. The zero-order valence-electron chi connectivity index (χ0n) is 12.3. The van der Waals surface area contributed by atoms with Gasteiger partial charge in [-0.15, -0.1) is 0 Å². The van der Waals surface area contributed by atoms with E-state index in [-0.39, 0.29) is 0 Å². The lowest BCUT2D eigenvalue weighted by Crippen LogP contribution is -2.02. The Balaban J connectivity index is 1.74. The molecule has 0 unspecified atom stereocenters. The topological polar surface area (TPSA) is 29.9 Å². The van der Waals surface area contributed by atoms with Gasteiger partial charge in [-0.05, 0) is 42.7 Å². The predicted octanol–water partition coefficient (Wildman–Crippen LogP) is 3.62. The molecule has 0 fully saturated rings. The van der Waals surface area contributed by atoms with Crippen LogP contribution in [0, 0.1) is 0 Å². The van der Waals surface area contributed by atoms with E-state index in [4.69, 9.17) is 4.98 Å². The molecule has 0 spiro atoms. The number of anilines is 1. The fourth-order valence-corrected chi connectivity index (χ4v) is 3.26. The molecule has 0 saturated heterocycles. The van der Waals surface area contributed by atoms with Crippen LogP contribution < -0.4 is 5.32 Å². The summed E-state index contributed by atoms with van der Waals surface area (Å²) in [6, 6.07) is 15.1. The number of aryl methyl sites for hydroxylation is 1. The Morgan fingerprint density at radius 3 is 3.00 bits per heavy atom. The SMILES string of the molecule is CCn1c(Cc2ccc3c(c2)CCN3)nc2ccccc21. The minimum atomic E-state index is 0.899. The number of hydrogen-bond acceptors (Lipinski definition) is 2. The summed E-state index contributed by atoms with van der Waals surface area (Å²) in [5, 5.41) is 3.41. The Kier molecular flexibility index (Phi) is 2.92. The summed E-state index contributed by atoms with van der Waals surface area (Å²) in [6.07, 6.45) is 2.03. The monoisotopic (exact) mass is 277 g/mol. The molecule has 3 nitrogen and oxygen atoms in total. The molecule has 0 atom stereocenters. The van der Waals surface area contributed by atoms with Crippen LogP contribution in [0.2, 0.25) is 0 Å². The van der Waals surface area contributed by atoms with E-state index in [0.29, 0.717) is 0 Å². The third-order valence-electron chi connectivity index (χ3n) is 4.29. The number of fused-ring (bicyclic) bond motifs is 2. The zero-order chi connectivity index (χ0) is 14.2. The van der Waals surface area contributed by atoms with Crippen molar-refractivity contribution in [2.75, 3.05) is 11.9 Å². The minimum absolute atomic E-state index is 0.899. The summed E-state index contributed by atoms with van der Waals surface area (Å²) in [6.45, 7) is 4.21. The Hall–Kier alpha value is -2.29. The lowest BCUT2D eigenvalue weighted by molar-refractivity contribution is 0.733. The number of rotatable bonds is 3. The molecule has 1 aromatic heterocycles. The fraction of sp³-hybridized carbons (Fsp3) is 0.278. The van der Waals surface area contributed by atoms with Crippen LogP contribution in [-0.4, -0.2) is 16.1 Å². The average Bonchev–Trinajstić information content (AvgIpc) is 3.10. The van der Waals surface area contributed by atoms with E-state index >= 15 is 0 Å². The maximum absolute atomic E-state index is 4.82. The number of nitrogens with one attached hydrogen (secondary N) is 1. The standard InChI is InChI=1S/C18H19N3/c1-2-21-17-6-4-3-5-16(17)20-18(21)12-13-7-8-15-14(11-13)9-10-19-15/h3-8,11,19H,2,9-10,12H2,1H3. The summed E-state index contributed by atoms with van der Waals surface area (Å²) < 4.78 is 2.32. The Labute approximate surface area is 124 Å². The number of benzene rings is 2. The van der Waals surface area contributed by atoms with Crippen molar-refractivity contribution in [2.45, 2.75) is 26.3 Å². The predicted molar refractivity (Wildman–Crippen MR) is 86.8 cm³/mol. The first-order chi connectivity index (χ1) is 10.3. The number of aromatic nitrogens is 2. The van der Waals surface area contributed by atoms with E-state index in [1.54, 1.807) is 0 Å². The molecule has 3 heteroatoms. The van der Waals surface area contributed by atoms with Crippen LogP contribution in [0.15, 0.2) is 42.5 Å². The van der Waals surface area contributed by atoms with Gasteiger partial charge in [0.2, 0.25) is 0 Å². The number of para-hydroxylation sites is 2. The quantitative estimate of drug-likeness (QED) is 0.792. The molecule has 1 N–H and O–H groups in total. The first kappa shape index (κ1) is 12.5. The van der Waals surface area contributed by atoms with E-state index in [2.05, 4.69) is 59.3 Å². The van der Waals surface area contributed by atoms with Gasteiger partial charge in [-0.1, -0.05) is 24.3 Å². The molecule has 0 saturated carbocycles. The second kappa shape index (κ2) is 4.92. The zero-order valence-corrected chi connectivity index (χ0v) is 12.3. The van der Waals surface area contributed by atoms with Gasteiger partial charge in [-0.2, -0.15) is 0 Å². The van der Waals surface area contributed by atoms with Gasteiger partial charge in [0.1, 0.15) is 5.82 Å². The maximum atomic E-state index is 4.82. The molecule has 2 aromatic carbocycles. The lowest BCUT2D eigenvalue weighted by atomic mass is 10.1. The normalized spacial score (nSPS) is 13.4. The Morgan fingerprint density at radius 1 is 1.19 bits per heavy atom. The van der Waals surface area contributed by atoms with E-state index in [0.717, 1.165) is 37.3 Å². The van der Waals surface area contributed by atoms with Gasteiger partial charge in [0.15, 0.2) is 0 Å². The van der Waals surface area contributed by atoms with Gasteiger partial charge < -0.3 is 9.88 Å². The first-order valence-electron chi connectivity index (χ1n) is 7.65. The van der Waals surface area contributed by atoms with Gasteiger partial charge in [-0.25, -0.2) is 4.98 Å². The molecule has 0 amide bonds. The lowest BCUT2D eigenvalue weighted by Gasteiger charge is -2.07. The number of nitrogens with zero attached hydrogens (tertiary/aromatic N) is 2. The summed E-state index contributed by atoms with van der Waals surface area (Å²) in [5.74, 6) is 1.16. The van der Waals surface area contributed by atoms with Gasteiger partial charge >= 0.3 is 0 Å². The van der Waals surface area contributed by atoms with Crippen LogP contribution in [0.5, 0.6) is 0 Å². The summed E-state index contributed by atoms with van der Waals surface area (Å²) in [4.78, 5) is 4.82. The molecule has 0 aliphatic carbocycles. The molecule has 2 heterocycles. The molecular weight excluding hydrogens is 258 g/mol. The van der Waals surface area contributed by atoms with Gasteiger partial charge in [0.25, 0.3) is 0 Å². The highest BCUT2D eigenvalue weighted by molar-refractivity contribution is 5.76. The highest BCUT2D eigenvalue weighted by Crippen LogP contribution is 2.25. The van der Waals surface area contributed by atoms with Crippen molar-refractivity contribution in [3.63, 3.8) is 0 Å². The van der Waals surface area contributed by atoms with Crippen LogP contribution >= 0.6 is 0 Å². The van der Waals surface area contributed by atoms with Crippen molar-refractivity contribution < 1.29 is 0 Å². The second-order valence-electron chi connectivity index (χ2n) is 5.61. The first-order valence-corrected chi connectivity index (χ1v) is 7.65. The van der Waals surface area contributed by atoms with Crippen molar-refractivity contribution in [2.24, 2.45) is 0 Å². The van der Waals surface area contributed by atoms with Crippen molar-refractivity contribution in [1.82, 2.24) is 9.55 Å². The molecule has 0 bridgehead atoms. The number of hydrogen-bond donors (Lipinski definition) is 1. The van der Waals surface area contributed by atoms with E-state index < -0.39 is 0 Å². The maximum Gasteiger partial charge on any atom is 0.114 e. The van der Waals surface area contributed by atoms with Crippen molar-refractivity contribution in [3.05, 3.63) is 59.4 Å². The number of imidazole rings is 1. The van der Waals surface area contributed by atoms with E-state index in [1.807, 2.05) is 0 Å². The fourth-order valence-electron chi connectivity index (χ4n) is 3.26. The molecular formula is C18H19N3. The van der Waals surface area contributed by atoms with Crippen molar-refractivity contribution >= 4 is 16.7 Å². The van der Waals surface area contributed by atoms with Gasteiger partial charge in [0, 0.05) is 25.2 Å². The third-order valence-corrected chi connectivity index (χ3v) is 4.29. The minimum Gasteiger partial charge on any atom is -0.384 e. The van der Waals surface area contributed by atoms with Crippen LogP contribution in [0.4, 0.5) is 5.69 Å². The molecule has 4 rings (SSSR count). The summed E-state index contributed by atoms with van der Waals surface area (Å²) in [5.41, 5.74) is 6.41. The van der Waals surface area contributed by atoms with Crippen molar-refractivity contribution in [3.8, 4) is 0 Å². The smallest absolute Gasteiger partial charge is 0.114 e. The average molecular weight is 277 g/mol. The molecule has 0 radical (unpaired) electrons. The molecule has 21 heavy (non-hydrogen) atoms. The van der Waals surface area contributed by atoms with Crippen LogP contribution in [0.25, 0.3) is 11.0 Å². The molecule has 1 aliphatic heterocycles.